The van der Waals surface area contributed by atoms with Gasteiger partial charge >= 0.3 is 6.03 Å². The van der Waals surface area contributed by atoms with Gasteiger partial charge in [-0.1, -0.05) is 53.5 Å². The van der Waals surface area contributed by atoms with Gasteiger partial charge in [-0.15, -0.1) is 0 Å². The number of hydrogen-bond donors (Lipinski definition) is 1. The Hall–Kier alpha value is -3.75. The lowest BCUT2D eigenvalue weighted by molar-refractivity contribution is -0.123. The smallest absolute Gasteiger partial charge is 0.326 e. The van der Waals surface area contributed by atoms with Gasteiger partial charge < -0.3 is 19.7 Å². The molecule has 3 aromatic rings. The Morgan fingerprint density at radius 2 is 1.73 bits per heavy atom. The van der Waals surface area contributed by atoms with Crippen molar-refractivity contribution in [1.29, 1.82) is 0 Å². The maximum absolute atomic E-state index is 13.7. The van der Waals surface area contributed by atoms with E-state index in [9.17, 15) is 9.59 Å². The maximum Gasteiger partial charge on any atom is 0.326 e. The van der Waals surface area contributed by atoms with E-state index in [0.29, 0.717) is 47.6 Å². The van der Waals surface area contributed by atoms with Crippen molar-refractivity contribution in [2.45, 2.75) is 26.0 Å². The molecule has 0 bridgehead atoms. The number of carbonyl (C=O) groups is 2. The molecule has 0 radical (unpaired) electrons. The minimum absolute atomic E-state index is 0.00785. The van der Waals surface area contributed by atoms with E-state index in [2.05, 4.69) is 5.32 Å². The highest BCUT2D eigenvalue weighted by Crippen LogP contribution is 2.35. The molecule has 0 aliphatic carbocycles. The van der Waals surface area contributed by atoms with E-state index >= 15 is 0 Å². The molecule has 210 valence electrons. The van der Waals surface area contributed by atoms with Gasteiger partial charge in [0.2, 0.25) is 5.91 Å². The second-order valence-corrected chi connectivity index (χ2v) is 10.4. The van der Waals surface area contributed by atoms with Crippen molar-refractivity contribution in [1.82, 2.24) is 15.1 Å². The van der Waals surface area contributed by atoms with E-state index in [4.69, 9.17) is 37.7 Å². The van der Waals surface area contributed by atoms with Gasteiger partial charge in [0.05, 0.1) is 31.4 Å². The molecule has 3 aromatic carbocycles. The topological polar surface area (TPSA) is 83.5 Å². The van der Waals surface area contributed by atoms with Crippen molar-refractivity contribution >= 4 is 41.0 Å². The van der Waals surface area contributed by atoms with Crippen LogP contribution in [0.2, 0.25) is 10.0 Å². The number of hydrogen-bond acceptors (Lipinski definition) is 5. The summed E-state index contributed by atoms with van der Waals surface area (Å²) in [5.41, 5.74) is 1.60. The lowest BCUT2D eigenvalue weighted by Crippen LogP contribution is -2.55. The fraction of sp³-hybridized carbons (Fsp3) is 0.300. The monoisotopic (exact) mass is 582 g/mol. The Morgan fingerprint density at radius 3 is 2.33 bits per heavy atom. The number of urea groups is 1. The Kier molecular flexibility index (Phi) is 9.90. The number of benzene rings is 3. The van der Waals surface area contributed by atoms with E-state index in [0.717, 1.165) is 10.6 Å². The van der Waals surface area contributed by atoms with E-state index < -0.39 is 0 Å². The second-order valence-electron chi connectivity index (χ2n) is 9.48. The van der Waals surface area contributed by atoms with Crippen LogP contribution < -0.4 is 14.8 Å². The third-order valence-electron chi connectivity index (χ3n) is 6.25. The van der Waals surface area contributed by atoms with Crippen LogP contribution in [0.4, 0.5) is 4.79 Å². The number of ether oxygens (including phenoxy) is 2. The standard InChI is InChI=1S/C24H27ClN4O4.C6H5Cl/c1-15(2)33-21-12-18(32-3)8-9-19(21)23-27-13-20(16-4-6-17(25)7-5-16)29(23)24(31)28-11-10-26-22(30)14-28;7-6-4-2-1-3-5-6/h4-9,12,15,20H,10-11,13-14H2,1-3H3,(H,26,30);1-5H/t20-;/m0./s1. The number of rotatable bonds is 5. The van der Waals surface area contributed by atoms with Gasteiger partial charge in [0.15, 0.2) is 0 Å². The molecule has 2 aliphatic rings. The number of carbonyl (C=O) groups excluding carboxylic acids is 2. The number of amidine groups is 1. The Balaban J connectivity index is 0.000000461. The summed E-state index contributed by atoms with van der Waals surface area (Å²) < 4.78 is 11.4. The van der Waals surface area contributed by atoms with E-state index in [1.165, 1.54) is 0 Å². The van der Waals surface area contributed by atoms with Gasteiger partial charge in [-0.2, -0.15) is 0 Å². The Labute approximate surface area is 244 Å². The SMILES string of the molecule is COc1ccc(C2=NC[C@@H](c3ccc(Cl)cc3)N2C(=O)N2CCNC(=O)C2)c(OC(C)C)c1.Clc1ccccc1. The molecule has 0 aromatic heterocycles. The van der Waals surface area contributed by atoms with E-state index in [-0.39, 0.29) is 30.6 Å². The van der Waals surface area contributed by atoms with Crippen LogP contribution >= 0.6 is 23.2 Å². The van der Waals surface area contributed by atoms with Crippen LogP contribution in [0.25, 0.3) is 0 Å². The summed E-state index contributed by atoms with van der Waals surface area (Å²) in [5.74, 6) is 1.55. The first-order valence-corrected chi connectivity index (χ1v) is 13.7. The molecule has 10 heteroatoms. The zero-order valence-corrected chi connectivity index (χ0v) is 24.2. The predicted octanol–water partition coefficient (Wildman–Crippen LogP) is 5.83. The fourth-order valence-corrected chi connectivity index (χ4v) is 4.66. The zero-order valence-electron chi connectivity index (χ0n) is 22.6. The third-order valence-corrected chi connectivity index (χ3v) is 6.75. The highest BCUT2D eigenvalue weighted by molar-refractivity contribution is 6.30. The number of methoxy groups -OCH3 is 1. The summed E-state index contributed by atoms with van der Waals surface area (Å²) in [6.45, 7) is 5.11. The lowest BCUT2D eigenvalue weighted by atomic mass is 10.1. The van der Waals surface area contributed by atoms with Crippen LogP contribution in [0, 0.1) is 0 Å². The molecule has 1 atom stereocenters. The summed E-state index contributed by atoms with van der Waals surface area (Å²) in [4.78, 5) is 33.7. The van der Waals surface area contributed by atoms with Crippen LogP contribution in [0.15, 0.2) is 77.8 Å². The molecule has 1 fully saturated rings. The number of piperazine rings is 1. The number of amides is 3. The molecular formula is C30H32Cl2N4O4. The zero-order chi connectivity index (χ0) is 28.6. The van der Waals surface area contributed by atoms with Crippen molar-refractivity contribution < 1.29 is 19.1 Å². The molecule has 1 N–H and O–H groups in total. The lowest BCUT2D eigenvalue weighted by Gasteiger charge is -2.34. The number of nitrogens with zero attached hydrogens (tertiary/aromatic N) is 3. The van der Waals surface area contributed by atoms with Crippen LogP contribution in [0.5, 0.6) is 11.5 Å². The largest absolute Gasteiger partial charge is 0.497 e. The van der Waals surface area contributed by atoms with Crippen molar-refractivity contribution in [2.75, 3.05) is 33.3 Å². The van der Waals surface area contributed by atoms with Gasteiger partial charge in [0.25, 0.3) is 0 Å². The van der Waals surface area contributed by atoms with Crippen molar-refractivity contribution in [2.24, 2.45) is 4.99 Å². The van der Waals surface area contributed by atoms with Gasteiger partial charge in [-0.25, -0.2) is 4.79 Å². The predicted molar refractivity (Wildman–Crippen MR) is 158 cm³/mol. The fourth-order valence-electron chi connectivity index (χ4n) is 4.39. The molecule has 8 nitrogen and oxygen atoms in total. The summed E-state index contributed by atoms with van der Waals surface area (Å²) in [7, 11) is 1.59. The van der Waals surface area contributed by atoms with E-state index in [1.807, 2.05) is 68.4 Å². The average molecular weight is 584 g/mol. The van der Waals surface area contributed by atoms with Crippen molar-refractivity contribution in [3.8, 4) is 11.5 Å². The minimum Gasteiger partial charge on any atom is -0.497 e. The number of halogens is 2. The second kappa shape index (κ2) is 13.5. The first-order valence-electron chi connectivity index (χ1n) is 13.0. The molecular weight excluding hydrogens is 551 g/mol. The van der Waals surface area contributed by atoms with Gasteiger partial charge in [0.1, 0.15) is 23.9 Å². The molecule has 2 heterocycles. The Bertz CT molecular complexity index is 1350. The summed E-state index contributed by atoms with van der Waals surface area (Å²) in [6, 6.07) is 21.7. The van der Waals surface area contributed by atoms with Crippen LogP contribution in [0.1, 0.15) is 31.0 Å². The Morgan fingerprint density at radius 1 is 1.02 bits per heavy atom. The van der Waals surface area contributed by atoms with Crippen LogP contribution in [0.3, 0.4) is 0 Å². The van der Waals surface area contributed by atoms with Crippen molar-refractivity contribution in [3.05, 3.63) is 94.0 Å². The molecule has 0 saturated carbocycles. The van der Waals surface area contributed by atoms with Gasteiger partial charge in [0, 0.05) is 29.2 Å². The molecule has 40 heavy (non-hydrogen) atoms. The molecule has 1 saturated heterocycles. The van der Waals surface area contributed by atoms with Crippen LogP contribution in [-0.2, 0) is 4.79 Å². The average Bonchev–Trinajstić information content (AvgIpc) is 3.38. The van der Waals surface area contributed by atoms with Gasteiger partial charge in [-0.05, 0) is 55.8 Å². The molecule has 0 spiro atoms. The van der Waals surface area contributed by atoms with Gasteiger partial charge in [-0.3, -0.25) is 14.7 Å². The summed E-state index contributed by atoms with van der Waals surface area (Å²) in [5, 5.41) is 4.17. The molecule has 3 amide bonds. The number of nitrogens with one attached hydrogen (secondary N) is 1. The minimum atomic E-state index is -0.330. The number of aliphatic imine (C=N–C) groups is 1. The first kappa shape index (κ1) is 29.2. The maximum atomic E-state index is 13.7. The molecule has 0 unspecified atom stereocenters. The highest BCUT2D eigenvalue weighted by atomic mass is 35.5. The summed E-state index contributed by atoms with van der Waals surface area (Å²) >= 11 is 11.6. The highest BCUT2D eigenvalue weighted by Gasteiger charge is 2.39. The summed E-state index contributed by atoms with van der Waals surface area (Å²) in [6.07, 6.45) is -0.0835. The van der Waals surface area contributed by atoms with Crippen molar-refractivity contribution in [3.63, 3.8) is 0 Å². The molecule has 5 rings (SSSR count). The first-order chi connectivity index (χ1) is 19.3. The van der Waals surface area contributed by atoms with Crippen LogP contribution in [-0.4, -0.2) is 67.0 Å². The van der Waals surface area contributed by atoms with E-state index in [1.54, 1.807) is 35.1 Å². The quantitative estimate of drug-likeness (QED) is 0.410. The third kappa shape index (κ3) is 7.25. The molecule has 2 aliphatic heterocycles. The normalized spacial score (nSPS) is 16.6.